The Kier molecular flexibility index (Phi) is 40.8. The van der Waals surface area contributed by atoms with Gasteiger partial charge < -0.3 is 62.8 Å². The molecule has 0 saturated carbocycles. The van der Waals surface area contributed by atoms with Crippen LogP contribution in [0.4, 0.5) is 10.1 Å². The Balaban J connectivity index is 0.00000107. The number of hydrogen-bond acceptors (Lipinski definition) is 14. The Morgan fingerprint density at radius 2 is 0.956 bits per heavy atom. The molecule has 500 valence electrons. The van der Waals surface area contributed by atoms with Gasteiger partial charge in [0.1, 0.15) is 5.82 Å². The fourth-order valence-corrected chi connectivity index (χ4v) is 7.15. The molecular formula is C63H96ClFN12O13. The van der Waals surface area contributed by atoms with E-state index in [2.05, 4.69) is 58.1 Å². The second kappa shape index (κ2) is 45.0. The zero-order valence-corrected chi connectivity index (χ0v) is 55.3. The third kappa shape index (κ3) is 41.7. The predicted molar refractivity (Wildman–Crippen MR) is 343 cm³/mol. The summed E-state index contributed by atoms with van der Waals surface area (Å²) in [6.45, 7) is 31.5. The van der Waals surface area contributed by atoms with Gasteiger partial charge in [-0.05, 0) is 151 Å². The van der Waals surface area contributed by atoms with Crippen molar-refractivity contribution >= 4 is 88.1 Å². The van der Waals surface area contributed by atoms with Gasteiger partial charge >= 0.3 is 59.1 Å². The lowest BCUT2D eigenvalue weighted by molar-refractivity contribution is -0.145. The molecule has 0 unspecified atom stereocenters. The Labute approximate surface area is 534 Å². The van der Waals surface area contributed by atoms with E-state index in [0.29, 0.717) is 31.1 Å². The van der Waals surface area contributed by atoms with Crippen molar-refractivity contribution in [2.24, 2.45) is 0 Å². The van der Waals surface area contributed by atoms with E-state index in [9.17, 15) is 61.9 Å². The van der Waals surface area contributed by atoms with Crippen LogP contribution in [0.25, 0.3) is 0 Å². The normalized spacial score (nSPS) is 12.3. The number of rotatable bonds is 15. The molecular weight excluding hydrogens is 1190 g/mol. The molecule has 5 rings (SSSR count). The largest absolute Gasteiger partial charge is 0.379 e. The lowest BCUT2D eigenvalue weighted by Crippen LogP contribution is -2.46. The maximum Gasteiger partial charge on any atom is 0.313 e. The number of ketones is 1. The van der Waals surface area contributed by atoms with Crippen LogP contribution in [0.5, 0.6) is 0 Å². The number of morpholine rings is 1. The Morgan fingerprint density at radius 1 is 0.511 bits per heavy atom. The highest BCUT2D eigenvalue weighted by Gasteiger charge is 2.25. The van der Waals surface area contributed by atoms with E-state index in [1.807, 2.05) is 105 Å². The van der Waals surface area contributed by atoms with E-state index in [0.717, 1.165) is 76.0 Å². The lowest BCUT2D eigenvalue weighted by Gasteiger charge is -2.26. The molecule has 2 aliphatic rings. The number of ether oxygens (including phenoxy) is 1. The van der Waals surface area contributed by atoms with Crippen LogP contribution < -0.4 is 53.2 Å². The Bertz CT molecular complexity index is 2750. The van der Waals surface area contributed by atoms with Crippen LogP contribution in [-0.2, 0) is 75.2 Å². The average molecular weight is 1280 g/mol. The van der Waals surface area contributed by atoms with Gasteiger partial charge in [0, 0.05) is 106 Å². The molecule has 10 N–H and O–H groups in total. The SMILES string of the molecule is CC(=O)C(=O)NC(C)(C)C.CC(C)NC(=O)C(=O)N1CCCC1.CC(C)NC(=O)C(=O)NCCN1CCOCC1.CC(C)NC(=O)C(=O)NCCc1ccc(Cl)cc1.CC(C)NC(=O)C(=O)NCc1ccccc1.CC(C)NC(=O)C(=O)Nc1cccc(F)c1. The number of hydrogen-bond donors (Lipinski definition) is 10. The van der Waals surface area contributed by atoms with Crippen LogP contribution in [0.3, 0.4) is 0 Å². The molecule has 2 aliphatic heterocycles. The molecule has 2 saturated heterocycles. The summed E-state index contributed by atoms with van der Waals surface area (Å²) in [5.41, 5.74) is 1.96. The van der Waals surface area contributed by atoms with Crippen molar-refractivity contribution in [1.29, 1.82) is 0 Å². The number of carbonyl (C=O) groups excluding carboxylic acids is 12. The smallest absolute Gasteiger partial charge is 0.313 e. The number of anilines is 1. The molecule has 2 fully saturated rings. The van der Waals surface area contributed by atoms with E-state index >= 15 is 0 Å². The molecule has 3 aromatic rings. The van der Waals surface area contributed by atoms with Gasteiger partial charge in [-0.25, -0.2) is 4.39 Å². The molecule has 0 spiro atoms. The van der Waals surface area contributed by atoms with Gasteiger partial charge in [-0.3, -0.25) is 62.4 Å². The molecule has 3 aromatic carbocycles. The van der Waals surface area contributed by atoms with Crippen molar-refractivity contribution in [2.45, 2.75) is 158 Å². The number of likely N-dealkylation sites (tertiary alicyclic amines) is 1. The van der Waals surface area contributed by atoms with Crippen LogP contribution in [0, 0.1) is 5.82 Å². The topological polar surface area (TPSA) is 341 Å². The molecule has 11 amide bonds. The predicted octanol–water partition coefficient (Wildman–Crippen LogP) is 3.22. The van der Waals surface area contributed by atoms with Crippen LogP contribution in [-0.4, -0.2) is 175 Å². The quantitative estimate of drug-likeness (QED) is 0.0978. The molecule has 27 heteroatoms. The molecule has 0 radical (unpaired) electrons. The Morgan fingerprint density at radius 3 is 1.39 bits per heavy atom. The fraction of sp³-hybridized carbons (Fsp3) is 0.524. The average Bonchev–Trinajstić information content (AvgIpc) is 3.76. The van der Waals surface area contributed by atoms with Crippen molar-refractivity contribution in [3.8, 4) is 0 Å². The van der Waals surface area contributed by atoms with Crippen molar-refractivity contribution in [3.63, 3.8) is 0 Å². The minimum atomic E-state index is -0.806. The number of Topliss-reactive ketones (excluding diaryl/α,β-unsaturated/α-hetero) is 1. The second-order valence-corrected chi connectivity index (χ2v) is 23.3. The zero-order chi connectivity index (χ0) is 68.5. The monoisotopic (exact) mass is 1280 g/mol. The van der Waals surface area contributed by atoms with Gasteiger partial charge in [0.15, 0.2) is 0 Å². The first-order valence-corrected chi connectivity index (χ1v) is 30.1. The van der Waals surface area contributed by atoms with Crippen LogP contribution in [0.15, 0.2) is 78.9 Å². The van der Waals surface area contributed by atoms with Crippen LogP contribution >= 0.6 is 11.6 Å². The van der Waals surface area contributed by atoms with Crippen molar-refractivity contribution in [2.75, 3.05) is 64.3 Å². The zero-order valence-electron chi connectivity index (χ0n) is 54.5. The van der Waals surface area contributed by atoms with Crippen molar-refractivity contribution in [3.05, 3.63) is 101 Å². The molecule has 90 heavy (non-hydrogen) atoms. The van der Waals surface area contributed by atoms with Gasteiger partial charge in [-0.2, -0.15) is 0 Å². The van der Waals surface area contributed by atoms with Gasteiger partial charge in [-0.1, -0.05) is 60.1 Å². The van der Waals surface area contributed by atoms with Crippen molar-refractivity contribution < 1.29 is 66.7 Å². The first-order chi connectivity index (χ1) is 42.1. The summed E-state index contributed by atoms with van der Waals surface area (Å²) >= 11 is 5.76. The van der Waals surface area contributed by atoms with Gasteiger partial charge in [0.25, 0.3) is 5.91 Å². The molecule has 0 atom stereocenters. The number of amides is 11. The molecule has 25 nitrogen and oxygen atoms in total. The highest BCUT2D eigenvalue weighted by Crippen LogP contribution is 2.11. The van der Waals surface area contributed by atoms with Crippen molar-refractivity contribution in [1.82, 2.24) is 57.7 Å². The number of benzene rings is 3. The minimum absolute atomic E-state index is 0.0208. The summed E-state index contributed by atoms with van der Waals surface area (Å²) < 4.78 is 18.0. The third-order valence-electron chi connectivity index (χ3n) is 11.1. The summed E-state index contributed by atoms with van der Waals surface area (Å²) in [4.78, 5) is 138. The number of carbonyl (C=O) groups is 12. The van der Waals surface area contributed by atoms with Crippen LogP contribution in [0.2, 0.25) is 5.02 Å². The third-order valence-corrected chi connectivity index (χ3v) is 11.4. The van der Waals surface area contributed by atoms with E-state index < -0.39 is 70.7 Å². The number of nitrogens with one attached hydrogen (secondary N) is 10. The summed E-state index contributed by atoms with van der Waals surface area (Å²) in [5.74, 6) is -7.36. The first-order valence-electron chi connectivity index (χ1n) is 29.7. The molecule has 0 aromatic heterocycles. The highest BCUT2D eigenvalue weighted by atomic mass is 35.5. The number of halogens is 2. The molecule has 2 heterocycles. The summed E-state index contributed by atoms with van der Waals surface area (Å²) in [6.07, 6.45) is 2.69. The minimum Gasteiger partial charge on any atom is -0.379 e. The summed E-state index contributed by atoms with van der Waals surface area (Å²) in [6, 6.07) is 22.0. The first kappa shape index (κ1) is 81.6. The van der Waals surface area contributed by atoms with E-state index in [1.54, 1.807) is 44.7 Å². The maximum absolute atomic E-state index is 12.8. The van der Waals surface area contributed by atoms with Crippen LogP contribution in [0.1, 0.15) is 121 Å². The van der Waals surface area contributed by atoms with Gasteiger partial charge in [0.2, 0.25) is 5.78 Å². The Hall–Kier alpha value is -8.36. The van der Waals surface area contributed by atoms with E-state index in [4.69, 9.17) is 16.3 Å². The fourth-order valence-electron chi connectivity index (χ4n) is 7.02. The standard InChI is InChI=1S/C13H17ClN2O2.C12H16N2O2.C11H13FN2O2.C11H21N3O3.C9H16N2O2.C7H13NO2/c1-9(2)16-13(18)12(17)15-8-7-10-3-5-11(14)6-4-10;1-9(2)14-12(16)11(15)13-8-10-6-4-3-5-7-10;1-7(2)13-10(15)11(16)14-9-5-3-4-8(12)6-9;1-9(2)13-11(16)10(15)12-3-4-14-5-7-17-8-6-14;1-7(2)10-8(12)9(13)11-5-3-4-6-11;1-5(9)6(10)8-7(2,3)4/h3-6,9H,7-8H2,1-2H3,(H,15,17)(H,16,18);3-7,9H,8H2,1-2H3,(H,13,15)(H,14,16);3-7H,1-2H3,(H,13,15)(H,14,16);9H,3-8H2,1-2H3,(H,12,15)(H,13,16);7H,3-6H2,1-2H3,(H,10,12);1-4H3,(H,8,10). The highest BCUT2D eigenvalue weighted by molar-refractivity contribution is 6.40. The van der Waals surface area contributed by atoms with E-state index in [-0.39, 0.29) is 47.3 Å². The number of nitrogens with zero attached hydrogens (tertiary/aromatic N) is 2. The van der Waals surface area contributed by atoms with E-state index in [1.165, 1.54) is 25.1 Å². The molecule has 0 aliphatic carbocycles. The van der Waals surface area contributed by atoms with Gasteiger partial charge in [0.05, 0.1) is 13.2 Å². The lowest BCUT2D eigenvalue weighted by atomic mass is 10.1. The summed E-state index contributed by atoms with van der Waals surface area (Å²) in [5, 5.41) is 25.9. The molecule has 0 bridgehead atoms. The van der Waals surface area contributed by atoms with Gasteiger partial charge in [-0.15, -0.1) is 0 Å². The summed E-state index contributed by atoms with van der Waals surface area (Å²) in [7, 11) is 0. The maximum atomic E-state index is 12.8. The second-order valence-electron chi connectivity index (χ2n) is 22.9.